The molecule has 0 N–H and O–H groups in total. The molecule has 0 amide bonds. The number of hydrogen-bond donors (Lipinski definition) is 0. The molecule has 4 nitrogen and oxygen atoms in total. The van der Waals surface area contributed by atoms with Gasteiger partial charge in [0.05, 0.1) is 15.9 Å². The van der Waals surface area contributed by atoms with Gasteiger partial charge in [0.25, 0.3) is 0 Å². The maximum atomic E-state index is 4.39. The minimum Gasteiger partial charge on any atom is -0.264 e. The molecule has 28 heavy (non-hydrogen) atoms. The van der Waals surface area contributed by atoms with E-state index < -0.39 is 0 Å². The minimum absolute atomic E-state index is 0.596. The number of pyridine rings is 2. The van der Waals surface area contributed by atoms with Crippen LogP contribution in [0.5, 0.6) is 0 Å². The topological polar surface area (TPSA) is 51.6 Å². The monoisotopic (exact) mass is 414 g/mol. The molecule has 1 atom stereocenters. The second kappa shape index (κ2) is 11.8. The van der Waals surface area contributed by atoms with Crippen LogP contribution in [0.15, 0.2) is 36.9 Å². The standard InChI is InChI=1S/C10H12N2S.C9H10N2S.C3H8/c1-3-7(2)10-8-6-11-5-4-9(8)12-13-10;1-2-3-8-7-4-5-10-6-9(7)12-11-8;1-3-2/h4-7H,3H2,1-2H3;4-6H,2-3H2,1H3;3H2,1-2H3. The van der Waals surface area contributed by atoms with E-state index in [9.17, 15) is 0 Å². The third-order valence-corrected chi connectivity index (χ3v) is 6.14. The first-order chi connectivity index (χ1) is 13.7. The summed E-state index contributed by atoms with van der Waals surface area (Å²) in [5, 5.41) is 2.50. The summed E-state index contributed by atoms with van der Waals surface area (Å²) in [6, 6.07) is 4.02. The van der Waals surface area contributed by atoms with Gasteiger partial charge >= 0.3 is 0 Å². The van der Waals surface area contributed by atoms with Crippen LogP contribution in [0.4, 0.5) is 0 Å². The Morgan fingerprint density at radius 3 is 2.32 bits per heavy atom. The average molecular weight is 415 g/mol. The summed E-state index contributed by atoms with van der Waals surface area (Å²) in [5.74, 6) is 0.596. The Bertz CT molecular complexity index is 961. The number of aromatic nitrogens is 4. The average Bonchev–Trinajstić information content (AvgIpc) is 3.33. The molecule has 0 aliphatic rings. The van der Waals surface area contributed by atoms with Crippen molar-refractivity contribution >= 4 is 44.1 Å². The fourth-order valence-corrected chi connectivity index (χ4v) is 4.36. The van der Waals surface area contributed by atoms with Crippen LogP contribution in [-0.4, -0.2) is 18.7 Å². The Hall–Kier alpha value is -1.92. The van der Waals surface area contributed by atoms with Gasteiger partial charge in [-0.15, -0.1) is 0 Å². The fourth-order valence-electron chi connectivity index (χ4n) is 2.61. The van der Waals surface area contributed by atoms with Gasteiger partial charge in [-0.25, -0.2) is 0 Å². The molecule has 0 saturated carbocycles. The predicted octanol–water partition coefficient (Wildman–Crippen LogP) is 7.26. The van der Waals surface area contributed by atoms with Crippen LogP contribution in [-0.2, 0) is 6.42 Å². The maximum Gasteiger partial charge on any atom is 0.0874 e. The van der Waals surface area contributed by atoms with Crippen molar-refractivity contribution in [3.05, 3.63) is 47.5 Å². The van der Waals surface area contributed by atoms with Gasteiger partial charge in [0, 0.05) is 40.4 Å². The van der Waals surface area contributed by atoms with E-state index in [1.165, 1.54) is 32.5 Å². The molecule has 4 aromatic rings. The number of rotatable bonds is 4. The number of nitrogens with zero attached hydrogens (tertiary/aromatic N) is 4. The van der Waals surface area contributed by atoms with Gasteiger partial charge in [-0.05, 0) is 54.0 Å². The molecule has 0 aliphatic heterocycles. The van der Waals surface area contributed by atoms with E-state index in [0.29, 0.717) is 5.92 Å². The molecule has 0 aliphatic carbocycles. The Labute approximate surface area is 176 Å². The van der Waals surface area contributed by atoms with Gasteiger partial charge in [-0.2, -0.15) is 8.75 Å². The lowest BCUT2D eigenvalue weighted by molar-refractivity contribution is 0.752. The van der Waals surface area contributed by atoms with Crippen LogP contribution in [0.3, 0.4) is 0 Å². The van der Waals surface area contributed by atoms with Gasteiger partial charge < -0.3 is 0 Å². The van der Waals surface area contributed by atoms with Crippen LogP contribution in [0.25, 0.3) is 21.0 Å². The molecule has 4 rings (SSSR count). The van der Waals surface area contributed by atoms with Crippen LogP contribution in [0.2, 0.25) is 0 Å². The molecule has 0 saturated heterocycles. The van der Waals surface area contributed by atoms with Crippen molar-refractivity contribution in [3.8, 4) is 0 Å². The van der Waals surface area contributed by atoms with E-state index in [1.807, 2.05) is 30.7 Å². The molecule has 0 aromatic carbocycles. The van der Waals surface area contributed by atoms with E-state index in [1.54, 1.807) is 29.3 Å². The van der Waals surface area contributed by atoms with Crippen molar-refractivity contribution in [3.63, 3.8) is 0 Å². The fraction of sp³-hybridized carbons (Fsp3) is 0.455. The number of aryl methyl sites for hydroxylation is 1. The van der Waals surface area contributed by atoms with Crippen molar-refractivity contribution in [1.82, 2.24) is 18.7 Å². The third-order valence-electron chi connectivity index (χ3n) is 4.20. The van der Waals surface area contributed by atoms with Crippen molar-refractivity contribution in [2.75, 3.05) is 0 Å². The summed E-state index contributed by atoms with van der Waals surface area (Å²) in [4.78, 5) is 9.55. The summed E-state index contributed by atoms with van der Waals surface area (Å²) in [6.45, 7) is 10.9. The van der Waals surface area contributed by atoms with Crippen LogP contribution >= 0.6 is 23.1 Å². The molecule has 0 radical (unpaired) electrons. The Balaban J connectivity index is 0.000000176. The van der Waals surface area contributed by atoms with Crippen molar-refractivity contribution < 1.29 is 0 Å². The van der Waals surface area contributed by atoms with Gasteiger partial charge in [0.15, 0.2) is 0 Å². The van der Waals surface area contributed by atoms with Gasteiger partial charge in [-0.3, -0.25) is 9.97 Å². The van der Waals surface area contributed by atoms with Crippen LogP contribution in [0, 0.1) is 0 Å². The molecule has 4 heterocycles. The summed E-state index contributed by atoms with van der Waals surface area (Å²) in [5.41, 5.74) is 2.30. The first-order valence-electron chi connectivity index (χ1n) is 10.0. The summed E-state index contributed by atoms with van der Waals surface area (Å²) in [7, 11) is 0. The quantitative estimate of drug-likeness (QED) is 0.352. The van der Waals surface area contributed by atoms with Crippen molar-refractivity contribution in [2.45, 2.75) is 66.2 Å². The summed E-state index contributed by atoms with van der Waals surface area (Å²) in [6.07, 6.45) is 12.1. The molecule has 6 heteroatoms. The van der Waals surface area contributed by atoms with Gasteiger partial charge in [0.2, 0.25) is 0 Å². The van der Waals surface area contributed by atoms with Gasteiger partial charge in [-0.1, -0.05) is 47.5 Å². The normalized spacial score (nSPS) is 11.5. The second-order valence-electron chi connectivity index (χ2n) is 6.71. The van der Waals surface area contributed by atoms with Gasteiger partial charge in [0.1, 0.15) is 0 Å². The highest BCUT2D eigenvalue weighted by molar-refractivity contribution is 7.13. The van der Waals surface area contributed by atoms with Crippen molar-refractivity contribution in [2.24, 2.45) is 0 Å². The van der Waals surface area contributed by atoms with E-state index in [2.05, 4.69) is 53.3 Å². The first-order valence-corrected chi connectivity index (χ1v) is 11.6. The maximum absolute atomic E-state index is 4.39. The molecule has 0 spiro atoms. The lowest BCUT2D eigenvalue weighted by atomic mass is 10.1. The van der Waals surface area contributed by atoms with E-state index in [-0.39, 0.29) is 0 Å². The second-order valence-corrected chi connectivity index (χ2v) is 8.32. The smallest absolute Gasteiger partial charge is 0.0874 e. The zero-order chi connectivity index (χ0) is 20.4. The lowest BCUT2D eigenvalue weighted by Crippen LogP contribution is -1.87. The zero-order valence-corrected chi connectivity index (χ0v) is 19.1. The minimum atomic E-state index is 0.596. The highest BCUT2D eigenvalue weighted by atomic mass is 32.1. The van der Waals surface area contributed by atoms with Crippen LogP contribution in [0.1, 0.15) is 70.4 Å². The number of hydrogen-bond acceptors (Lipinski definition) is 6. The molecule has 4 aromatic heterocycles. The Morgan fingerprint density at radius 2 is 1.61 bits per heavy atom. The summed E-state index contributed by atoms with van der Waals surface area (Å²) >= 11 is 3.15. The van der Waals surface area contributed by atoms with E-state index >= 15 is 0 Å². The Kier molecular flexibility index (Phi) is 9.44. The summed E-state index contributed by atoms with van der Waals surface area (Å²) < 4.78 is 9.97. The first kappa shape index (κ1) is 22.4. The van der Waals surface area contributed by atoms with Crippen LogP contribution < -0.4 is 0 Å². The predicted molar refractivity (Wildman–Crippen MR) is 123 cm³/mol. The van der Waals surface area contributed by atoms with E-state index in [0.717, 1.165) is 24.8 Å². The molecule has 1 unspecified atom stereocenters. The highest BCUT2D eigenvalue weighted by Crippen LogP contribution is 2.30. The van der Waals surface area contributed by atoms with Crippen molar-refractivity contribution in [1.29, 1.82) is 0 Å². The molecular formula is C22H30N4S2. The third kappa shape index (κ3) is 5.79. The van der Waals surface area contributed by atoms with E-state index in [4.69, 9.17) is 0 Å². The number of fused-ring (bicyclic) bond motifs is 2. The molecular weight excluding hydrogens is 384 g/mol. The zero-order valence-electron chi connectivity index (χ0n) is 17.5. The SMILES string of the molecule is CCC.CCC(C)c1snc2ccncc12.CCCc1nsc2cnccc12. The lowest BCUT2D eigenvalue weighted by Gasteiger charge is -2.03. The largest absolute Gasteiger partial charge is 0.264 e. The highest BCUT2D eigenvalue weighted by Gasteiger charge is 2.10. The molecule has 0 fully saturated rings. The molecule has 0 bridgehead atoms. The Morgan fingerprint density at radius 1 is 0.893 bits per heavy atom. The molecule has 150 valence electrons.